The predicted octanol–water partition coefficient (Wildman–Crippen LogP) is 6.06. The van der Waals surface area contributed by atoms with Crippen molar-refractivity contribution in [3.05, 3.63) is 12.2 Å². The molecule has 4 heteroatoms. The molecule has 0 aromatic carbocycles. The second-order valence-electron chi connectivity index (χ2n) is 14.7. The molecule has 0 unspecified atom stereocenters. The lowest BCUT2D eigenvalue weighted by molar-refractivity contribution is -0.263. The van der Waals surface area contributed by atoms with Gasteiger partial charge in [0.2, 0.25) is 0 Å². The van der Waals surface area contributed by atoms with E-state index in [0.717, 1.165) is 51.4 Å². The standard InChI is InChI=1S/C30H48O4/c1-17(2)18-10-13-30(25(33)34)15-14-28(6)19(23(18)30)8-9-22-27(5)16-20(31)24(32)26(3,4)21(27)11-12-29(22,28)7/h18-24,31-32H,1,8-16H2,2-7H3,(H,33,34)/t18-,19+,20+,21+,22+,23+,24-,27-,28+,29+,30-/m0/s1. The van der Waals surface area contributed by atoms with Crippen molar-refractivity contribution in [3.63, 3.8) is 0 Å². The Morgan fingerprint density at radius 3 is 2.15 bits per heavy atom. The lowest BCUT2D eigenvalue weighted by Crippen LogP contribution is -2.68. The Morgan fingerprint density at radius 2 is 1.53 bits per heavy atom. The minimum absolute atomic E-state index is 0.00606. The van der Waals surface area contributed by atoms with Crippen LogP contribution in [0.4, 0.5) is 0 Å². The maximum absolute atomic E-state index is 12.8. The van der Waals surface area contributed by atoms with Gasteiger partial charge in [0.05, 0.1) is 17.6 Å². The van der Waals surface area contributed by atoms with E-state index in [0.29, 0.717) is 30.1 Å². The molecule has 5 saturated carbocycles. The summed E-state index contributed by atoms with van der Waals surface area (Å²) in [4.78, 5) is 12.8. The molecule has 0 heterocycles. The molecule has 4 nitrogen and oxygen atoms in total. The number of rotatable bonds is 2. The van der Waals surface area contributed by atoms with E-state index in [1.54, 1.807) is 0 Å². The third-order valence-electron chi connectivity index (χ3n) is 13.4. The van der Waals surface area contributed by atoms with Gasteiger partial charge in [-0.15, -0.1) is 0 Å². The number of hydrogen-bond donors (Lipinski definition) is 3. The molecule has 0 aromatic heterocycles. The summed E-state index contributed by atoms with van der Waals surface area (Å²) in [5.74, 6) is 1.24. The first-order valence-electron chi connectivity index (χ1n) is 13.9. The Bertz CT molecular complexity index is 894. The van der Waals surface area contributed by atoms with Crippen LogP contribution in [0, 0.1) is 56.7 Å². The molecule has 5 fully saturated rings. The third kappa shape index (κ3) is 2.76. The Balaban J connectivity index is 1.57. The molecule has 5 aliphatic rings. The van der Waals surface area contributed by atoms with Gasteiger partial charge in [-0.05, 0) is 116 Å². The van der Waals surface area contributed by atoms with Crippen LogP contribution in [0.25, 0.3) is 0 Å². The van der Waals surface area contributed by atoms with Crippen molar-refractivity contribution in [2.45, 2.75) is 112 Å². The third-order valence-corrected chi connectivity index (χ3v) is 13.4. The van der Waals surface area contributed by atoms with E-state index in [1.807, 2.05) is 0 Å². The van der Waals surface area contributed by atoms with Crippen molar-refractivity contribution >= 4 is 5.97 Å². The lowest BCUT2D eigenvalue weighted by Gasteiger charge is -2.73. The van der Waals surface area contributed by atoms with Crippen LogP contribution >= 0.6 is 0 Å². The van der Waals surface area contributed by atoms with Crippen molar-refractivity contribution in [2.24, 2.45) is 56.7 Å². The van der Waals surface area contributed by atoms with Gasteiger partial charge in [-0.2, -0.15) is 0 Å². The van der Waals surface area contributed by atoms with E-state index in [4.69, 9.17) is 0 Å². The molecule has 5 aliphatic carbocycles. The van der Waals surface area contributed by atoms with Crippen LogP contribution in [-0.4, -0.2) is 33.5 Å². The van der Waals surface area contributed by atoms with Gasteiger partial charge >= 0.3 is 5.97 Å². The second kappa shape index (κ2) is 7.34. The van der Waals surface area contributed by atoms with Crippen molar-refractivity contribution in [1.82, 2.24) is 0 Å². The Kier molecular flexibility index (Phi) is 5.36. The van der Waals surface area contributed by atoms with Crippen LogP contribution in [-0.2, 0) is 4.79 Å². The maximum Gasteiger partial charge on any atom is 0.309 e. The van der Waals surface area contributed by atoms with Crippen LogP contribution in [0.15, 0.2) is 12.2 Å². The smallest absolute Gasteiger partial charge is 0.309 e. The number of carboxylic acid groups (broad SMARTS) is 1. The summed E-state index contributed by atoms with van der Waals surface area (Å²) in [6.45, 7) is 18.2. The first kappa shape index (κ1) is 24.8. The molecule has 5 rings (SSSR count). The summed E-state index contributed by atoms with van der Waals surface area (Å²) in [6, 6.07) is 0. The summed E-state index contributed by atoms with van der Waals surface area (Å²) >= 11 is 0. The minimum Gasteiger partial charge on any atom is -0.481 e. The number of aliphatic hydroxyl groups excluding tert-OH is 2. The van der Waals surface area contributed by atoms with E-state index in [9.17, 15) is 20.1 Å². The van der Waals surface area contributed by atoms with Gasteiger partial charge < -0.3 is 15.3 Å². The van der Waals surface area contributed by atoms with Gasteiger partial charge in [0.1, 0.15) is 0 Å². The highest BCUT2D eigenvalue weighted by Gasteiger charge is 2.72. The Morgan fingerprint density at radius 1 is 0.853 bits per heavy atom. The van der Waals surface area contributed by atoms with E-state index < -0.39 is 23.6 Å². The van der Waals surface area contributed by atoms with Gasteiger partial charge in [-0.1, -0.05) is 46.8 Å². The van der Waals surface area contributed by atoms with Gasteiger partial charge in [0, 0.05) is 0 Å². The fraction of sp³-hybridized carbons (Fsp3) is 0.900. The molecule has 0 aromatic rings. The number of allylic oxidation sites excluding steroid dienone is 1. The molecule has 0 amide bonds. The largest absolute Gasteiger partial charge is 0.481 e. The van der Waals surface area contributed by atoms with Gasteiger partial charge in [0.25, 0.3) is 0 Å². The monoisotopic (exact) mass is 472 g/mol. The van der Waals surface area contributed by atoms with Crippen molar-refractivity contribution < 1.29 is 20.1 Å². The van der Waals surface area contributed by atoms with Crippen molar-refractivity contribution in [1.29, 1.82) is 0 Å². The van der Waals surface area contributed by atoms with Crippen molar-refractivity contribution in [2.75, 3.05) is 0 Å². The zero-order valence-electron chi connectivity index (χ0n) is 22.4. The topological polar surface area (TPSA) is 77.8 Å². The summed E-state index contributed by atoms with van der Waals surface area (Å²) < 4.78 is 0. The highest BCUT2D eigenvalue weighted by molar-refractivity contribution is 5.76. The zero-order chi connectivity index (χ0) is 25.1. The molecular formula is C30H48O4. The molecule has 192 valence electrons. The highest BCUT2D eigenvalue weighted by atomic mass is 16.4. The number of hydrogen-bond acceptors (Lipinski definition) is 3. The molecule has 3 N–H and O–H groups in total. The molecule has 34 heavy (non-hydrogen) atoms. The molecule has 0 radical (unpaired) electrons. The molecular weight excluding hydrogens is 424 g/mol. The lowest BCUT2D eigenvalue weighted by atomic mass is 9.32. The SMILES string of the molecule is C=C(C)[C@@H]1CC[C@]2(C(=O)O)CC[C@]3(C)[C@H](CC[C@@H]4[C@@]5(C)C[C@@H](O)[C@H](O)C(C)(C)[C@H]5CC[C@]43C)[C@@H]12. The zero-order valence-corrected chi connectivity index (χ0v) is 22.4. The number of carboxylic acids is 1. The van der Waals surface area contributed by atoms with E-state index in [2.05, 4.69) is 48.1 Å². The number of fused-ring (bicyclic) bond motifs is 7. The molecule has 0 saturated heterocycles. The van der Waals surface area contributed by atoms with Crippen LogP contribution in [0.1, 0.15) is 99.3 Å². The van der Waals surface area contributed by atoms with Gasteiger partial charge in [-0.25, -0.2) is 0 Å². The fourth-order valence-electron chi connectivity index (χ4n) is 11.7. The van der Waals surface area contributed by atoms with Crippen LogP contribution in [0.3, 0.4) is 0 Å². The van der Waals surface area contributed by atoms with Crippen LogP contribution in [0.5, 0.6) is 0 Å². The number of carbonyl (C=O) groups is 1. The van der Waals surface area contributed by atoms with E-state index >= 15 is 0 Å². The first-order chi connectivity index (χ1) is 15.7. The first-order valence-corrected chi connectivity index (χ1v) is 13.9. The summed E-state index contributed by atoms with van der Waals surface area (Å²) in [5, 5.41) is 32.4. The molecule has 0 bridgehead atoms. The molecule has 11 atom stereocenters. The number of aliphatic carboxylic acids is 1. The summed E-state index contributed by atoms with van der Waals surface area (Å²) in [7, 11) is 0. The van der Waals surface area contributed by atoms with Crippen LogP contribution in [0.2, 0.25) is 0 Å². The average Bonchev–Trinajstić information content (AvgIpc) is 3.14. The predicted molar refractivity (Wildman–Crippen MR) is 134 cm³/mol. The fourth-order valence-corrected chi connectivity index (χ4v) is 11.7. The van der Waals surface area contributed by atoms with Gasteiger partial charge in [-0.3, -0.25) is 4.79 Å². The molecule has 0 aliphatic heterocycles. The van der Waals surface area contributed by atoms with E-state index in [1.165, 1.54) is 5.57 Å². The summed E-state index contributed by atoms with van der Waals surface area (Å²) in [6.07, 6.45) is 7.32. The van der Waals surface area contributed by atoms with Crippen LogP contribution < -0.4 is 0 Å². The number of aliphatic hydroxyl groups is 2. The normalized spacial score (nSPS) is 55.9. The average molecular weight is 473 g/mol. The Labute approximate surface area is 206 Å². The highest BCUT2D eigenvalue weighted by Crippen LogP contribution is 2.77. The maximum atomic E-state index is 12.8. The van der Waals surface area contributed by atoms with Gasteiger partial charge in [0.15, 0.2) is 0 Å². The second-order valence-corrected chi connectivity index (χ2v) is 14.7. The minimum atomic E-state index is -0.669. The summed E-state index contributed by atoms with van der Waals surface area (Å²) in [5.41, 5.74) is 0.501. The van der Waals surface area contributed by atoms with E-state index in [-0.39, 0.29) is 27.6 Å². The molecule has 0 spiro atoms. The quantitative estimate of drug-likeness (QED) is 0.427. The van der Waals surface area contributed by atoms with Crippen molar-refractivity contribution in [3.8, 4) is 0 Å². The Hall–Kier alpha value is -0.870.